The van der Waals surface area contributed by atoms with Gasteiger partial charge in [-0.3, -0.25) is 0 Å². The molecule has 4 heteroatoms. The Morgan fingerprint density at radius 1 is 1.00 bits per heavy atom. The second kappa shape index (κ2) is 23.0. The van der Waals surface area contributed by atoms with Crippen molar-refractivity contribution in [1.82, 2.24) is 0 Å². The second-order valence-corrected chi connectivity index (χ2v) is 0. The van der Waals surface area contributed by atoms with Gasteiger partial charge in [-0.05, 0) is 0 Å². The van der Waals surface area contributed by atoms with Crippen LogP contribution in [0.25, 0.3) is 0 Å². The van der Waals surface area contributed by atoms with E-state index in [1.807, 2.05) is 0 Å². The summed E-state index contributed by atoms with van der Waals surface area (Å²) in [6, 6.07) is 0. The number of rotatable bonds is 0. The van der Waals surface area contributed by atoms with Gasteiger partial charge in [0.25, 0.3) is 0 Å². The number of hydrogen-bond acceptors (Lipinski definition) is 0. The summed E-state index contributed by atoms with van der Waals surface area (Å²) in [5.41, 5.74) is 0. The molecule has 0 bridgehead atoms. The molecule has 0 radical (unpaired) electrons. The Hall–Kier alpha value is 1.62. The molecule has 0 rings (SSSR count). The molecule has 0 atom stereocenters. The van der Waals surface area contributed by atoms with Crippen LogP contribution in [0.2, 0.25) is 0 Å². The van der Waals surface area contributed by atoms with Crippen LogP contribution in [0.1, 0.15) is 1.43 Å². The molecule has 22 valence electrons. The van der Waals surface area contributed by atoms with E-state index in [0.29, 0.717) is 0 Å². The first-order chi connectivity index (χ1) is 0. The van der Waals surface area contributed by atoms with Crippen LogP contribution in [0.5, 0.6) is 0 Å². The Kier molecular flexibility index (Phi) is 263. The van der Waals surface area contributed by atoms with E-state index in [4.69, 9.17) is 0 Å². The summed E-state index contributed by atoms with van der Waals surface area (Å²) in [6.45, 7) is 0. The summed E-state index contributed by atoms with van der Waals surface area (Å²) >= 11 is 0. The number of hydrogen-bond donors (Lipinski definition) is 0. The molecule has 0 aromatic rings. The molecule has 0 aliphatic rings. The van der Waals surface area contributed by atoms with Gasteiger partial charge in [0.1, 0.15) is 0 Å². The Morgan fingerprint density at radius 2 is 1.00 bits per heavy atom. The van der Waals surface area contributed by atoms with Gasteiger partial charge in [0.05, 0.1) is 0 Å². The fourth-order valence-corrected chi connectivity index (χ4v) is 0. The Bertz CT molecular complexity index is 9.61. The zero-order valence-corrected chi connectivity index (χ0v) is 1.50. The predicted octanol–water partition coefficient (Wildman–Crippen LogP) is -6.08. The van der Waals surface area contributed by atoms with Crippen molar-refractivity contribution in [2.75, 3.05) is 0 Å². The van der Waals surface area contributed by atoms with Gasteiger partial charge >= 0.3 is 18.9 Å². The van der Waals surface area contributed by atoms with Gasteiger partial charge < -0.3 is 6.90 Å². The summed E-state index contributed by atoms with van der Waals surface area (Å²) in [5.74, 6) is 0. The van der Waals surface area contributed by atoms with Gasteiger partial charge in [0.2, 0.25) is 0 Å². The summed E-state index contributed by atoms with van der Waals surface area (Å²) < 4.78 is 0. The van der Waals surface area contributed by atoms with E-state index in [-0.39, 0.29) is 60.5 Å². The van der Waals surface area contributed by atoms with Crippen LogP contribution in [0.4, 0.5) is 0 Å². The van der Waals surface area contributed by atoms with Gasteiger partial charge in [0.15, 0.2) is 34.7 Å². The molecule has 2 N–H and O–H groups in total. The van der Waals surface area contributed by atoms with Gasteiger partial charge in [-0.25, -0.2) is 0 Å². The first kappa shape index (κ1) is 45.6. The van der Waals surface area contributed by atoms with Crippen LogP contribution >= 0.6 is 0 Å². The van der Waals surface area contributed by atoms with Gasteiger partial charge in [-0.1, -0.05) is 0 Å². The average molecular weight is 86.0 g/mol. The molecule has 0 saturated heterocycles. The van der Waals surface area contributed by atoms with Crippen molar-refractivity contribution >= 4 is 34.7 Å². The third-order valence-electron chi connectivity index (χ3n) is 0. The minimum absolute atomic E-state index is 0. The van der Waals surface area contributed by atoms with E-state index in [2.05, 4.69) is 0 Å². The van der Waals surface area contributed by atoms with E-state index < -0.39 is 0 Å². The van der Waals surface area contributed by atoms with Crippen LogP contribution in [-0.2, 0) is 0 Å². The molecular formula is H9Al2LiO. The van der Waals surface area contributed by atoms with E-state index >= 15 is 0 Å². The van der Waals surface area contributed by atoms with E-state index in [0.717, 1.165) is 0 Å². The van der Waals surface area contributed by atoms with Crippen LogP contribution in [0.15, 0.2) is 0 Å². The third kappa shape index (κ3) is 9.46. The molecule has 0 aromatic carbocycles. The Labute approximate surface area is 60.4 Å². The van der Waals surface area contributed by atoms with Crippen LogP contribution in [-0.4, -0.2) is 40.2 Å². The van der Waals surface area contributed by atoms with Crippen molar-refractivity contribution in [2.24, 2.45) is 0 Å². The maximum atomic E-state index is 0. The van der Waals surface area contributed by atoms with Crippen molar-refractivity contribution in [2.45, 2.75) is 0 Å². The molecule has 0 fully saturated rings. The summed E-state index contributed by atoms with van der Waals surface area (Å²) in [6.07, 6.45) is 0. The van der Waals surface area contributed by atoms with Crippen molar-refractivity contribution in [3.63, 3.8) is 0 Å². The molecule has 0 spiro atoms. The van der Waals surface area contributed by atoms with Crippen molar-refractivity contribution < 1.29 is 25.8 Å². The molecule has 0 heterocycles. The van der Waals surface area contributed by atoms with Gasteiger partial charge in [0, 0.05) is 0 Å². The quantitative estimate of drug-likeness (QED) is 0.263. The van der Waals surface area contributed by atoms with Crippen LogP contribution in [0.3, 0.4) is 0 Å². The minimum atomic E-state index is 0. The SMILES string of the molecule is O.[AlH3].[AlH3].[H-].[Li+]. The molecular weight excluding hydrogens is 76.9 g/mol. The first-order valence-electron chi connectivity index (χ1n) is 0. The molecule has 4 heavy (non-hydrogen) atoms. The summed E-state index contributed by atoms with van der Waals surface area (Å²) in [5, 5.41) is 0. The van der Waals surface area contributed by atoms with Crippen molar-refractivity contribution in [3.05, 3.63) is 0 Å². The zero-order chi connectivity index (χ0) is 0. The van der Waals surface area contributed by atoms with Crippen LogP contribution in [0, 0.1) is 0 Å². The summed E-state index contributed by atoms with van der Waals surface area (Å²) in [4.78, 5) is 0. The smallest absolute Gasteiger partial charge is 1.00 e. The zero-order valence-electron chi connectivity index (χ0n) is 2.50. The molecule has 0 saturated carbocycles. The fraction of sp³-hybridized carbons (Fsp3) is 0. The van der Waals surface area contributed by atoms with Crippen molar-refractivity contribution in [1.29, 1.82) is 0 Å². The Balaban J connectivity index is 0. The summed E-state index contributed by atoms with van der Waals surface area (Å²) in [7, 11) is 0. The molecule has 0 aromatic heterocycles. The fourth-order valence-electron chi connectivity index (χ4n) is 0. The van der Waals surface area contributed by atoms with Gasteiger partial charge in [-0.2, -0.15) is 0 Å². The maximum absolute atomic E-state index is 0. The topological polar surface area (TPSA) is 31.5 Å². The predicted molar refractivity (Wildman–Crippen MR) is 24.6 cm³/mol. The Morgan fingerprint density at radius 3 is 1.00 bits per heavy atom. The monoisotopic (exact) mass is 86.0 g/mol. The standard InChI is InChI=1S/2Al.Li.H2O.7H/h;;;1H2;;;;;;;/q;;+1;;;;;;;;-1. The molecule has 1 nitrogen and oxygen atoms in total. The average Bonchev–Trinajstić information content (AvgIpc) is 0. The van der Waals surface area contributed by atoms with Crippen LogP contribution < -0.4 is 18.9 Å². The largest absolute Gasteiger partial charge is 1.00 e. The van der Waals surface area contributed by atoms with Crippen molar-refractivity contribution in [3.8, 4) is 0 Å². The normalized spacial score (nSPS) is 0. The third-order valence-corrected chi connectivity index (χ3v) is 0. The maximum Gasteiger partial charge on any atom is 1.00 e. The minimum Gasteiger partial charge on any atom is -1.00 e. The molecule has 0 aliphatic carbocycles. The molecule has 0 aliphatic heterocycles. The molecule has 0 amide bonds. The molecule has 0 unspecified atom stereocenters. The van der Waals surface area contributed by atoms with Gasteiger partial charge in [-0.15, -0.1) is 0 Å². The second-order valence-electron chi connectivity index (χ2n) is 0. The van der Waals surface area contributed by atoms with E-state index in [9.17, 15) is 0 Å². The van der Waals surface area contributed by atoms with E-state index in [1.54, 1.807) is 0 Å². The first-order valence-corrected chi connectivity index (χ1v) is 0. The van der Waals surface area contributed by atoms with E-state index in [1.165, 1.54) is 0 Å².